The van der Waals surface area contributed by atoms with Gasteiger partial charge in [-0.25, -0.2) is 5.43 Å². The van der Waals surface area contributed by atoms with Crippen molar-refractivity contribution in [1.29, 1.82) is 0 Å². The van der Waals surface area contributed by atoms with Crippen molar-refractivity contribution in [1.82, 2.24) is 5.43 Å². The van der Waals surface area contributed by atoms with E-state index >= 15 is 0 Å². The predicted octanol–water partition coefficient (Wildman–Crippen LogP) is 4.36. The molecule has 0 aliphatic heterocycles. The molecule has 120 valence electrons. The molecule has 0 aliphatic carbocycles. The summed E-state index contributed by atoms with van der Waals surface area (Å²) in [7, 11) is 0. The summed E-state index contributed by atoms with van der Waals surface area (Å²) in [4.78, 5) is 11.8. The first-order valence-electron chi connectivity index (χ1n) is 6.92. The van der Waals surface area contributed by atoms with Crippen molar-refractivity contribution in [2.24, 2.45) is 5.10 Å². The topological polar surface area (TPSA) is 50.7 Å². The molecule has 0 saturated heterocycles. The first kappa shape index (κ1) is 17.7. The Morgan fingerprint density at radius 3 is 2.57 bits per heavy atom. The zero-order valence-corrected chi connectivity index (χ0v) is 15.9. The van der Waals surface area contributed by atoms with Crippen LogP contribution in [0.1, 0.15) is 16.7 Å². The largest absolute Gasteiger partial charge is 0.482 e. The summed E-state index contributed by atoms with van der Waals surface area (Å²) < 4.78 is 7.29. The maximum Gasteiger partial charge on any atom is 0.277 e. The average Bonchev–Trinajstić information content (AvgIpc) is 2.48. The van der Waals surface area contributed by atoms with Crippen LogP contribution in [0.2, 0.25) is 0 Å². The number of hydrogen-bond donors (Lipinski definition) is 1. The number of carbonyl (C=O) groups excluding carboxylic acids is 1. The lowest BCUT2D eigenvalue weighted by Crippen LogP contribution is -2.24. The van der Waals surface area contributed by atoms with Crippen LogP contribution in [0.3, 0.4) is 0 Å². The van der Waals surface area contributed by atoms with E-state index in [9.17, 15) is 4.79 Å². The van der Waals surface area contributed by atoms with Gasteiger partial charge in [0.1, 0.15) is 5.75 Å². The van der Waals surface area contributed by atoms with Crippen molar-refractivity contribution in [3.63, 3.8) is 0 Å². The standard InChI is InChI=1S/C17H16Br2N2O2/c1-11-3-5-13(6-4-11)9-20-21-16(22)10-23-17-12(2)7-14(18)8-15(17)19/h3-9H,10H2,1-2H3,(H,21,22)/b20-9+. The molecule has 1 amide bonds. The van der Waals surface area contributed by atoms with E-state index in [2.05, 4.69) is 42.4 Å². The van der Waals surface area contributed by atoms with Crippen LogP contribution < -0.4 is 10.2 Å². The van der Waals surface area contributed by atoms with E-state index in [4.69, 9.17) is 4.74 Å². The maximum atomic E-state index is 11.8. The van der Waals surface area contributed by atoms with E-state index in [1.54, 1.807) is 6.21 Å². The van der Waals surface area contributed by atoms with Crippen LogP contribution >= 0.6 is 31.9 Å². The van der Waals surface area contributed by atoms with Crippen LogP contribution in [0.15, 0.2) is 50.4 Å². The second kappa shape index (κ2) is 8.26. The Labute approximate surface area is 152 Å². The molecule has 0 unspecified atom stereocenters. The molecule has 0 radical (unpaired) electrons. The Kier molecular flexibility index (Phi) is 6.36. The van der Waals surface area contributed by atoms with Crippen molar-refractivity contribution >= 4 is 44.0 Å². The van der Waals surface area contributed by atoms with Gasteiger partial charge in [0.15, 0.2) is 6.61 Å². The van der Waals surface area contributed by atoms with Gasteiger partial charge in [-0.05, 0) is 53.0 Å². The lowest BCUT2D eigenvalue weighted by molar-refractivity contribution is -0.123. The molecule has 0 bridgehead atoms. The molecular weight excluding hydrogens is 424 g/mol. The quantitative estimate of drug-likeness (QED) is 0.555. The van der Waals surface area contributed by atoms with Gasteiger partial charge in [0.05, 0.1) is 10.7 Å². The monoisotopic (exact) mass is 438 g/mol. The number of ether oxygens (including phenoxy) is 1. The third-order valence-electron chi connectivity index (χ3n) is 3.02. The Morgan fingerprint density at radius 1 is 1.22 bits per heavy atom. The summed E-state index contributed by atoms with van der Waals surface area (Å²) in [5, 5.41) is 3.92. The van der Waals surface area contributed by atoms with E-state index in [0.717, 1.165) is 20.1 Å². The summed E-state index contributed by atoms with van der Waals surface area (Å²) in [6, 6.07) is 11.6. The summed E-state index contributed by atoms with van der Waals surface area (Å²) in [6.07, 6.45) is 1.60. The molecule has 0 aromatic heterocycles. The van der Waals surface area contributed by atoms with Gasteiger partial charge >= 0.3 is 0 Å². The van der Waals surface area contributed by atoms with Crippen molar-refractivity contribution in [2.45, 2.75) is 13.8 Å². The van der Waals surface area contributed by atoms with Gasteiger partial charge < -0.3 is 4.74 Å². The minimum Gasteiger partial charge on any atom is -0.482 e. The SMILES string of the molecule is Cc1ccc(/C=N/NC(=O)COc2c(C)cc(Br)cc2Br)cc1. The van der Waals surface area contributed by atoms with Gasteiger partial charge in [-0.2, -0.15) is 5.10 Å². The molecule has 4 nitrogen and oxygen atoms in total. The highest BCUT2D eigenvalue weighted by Crippen LogP contribution is 2.32. The Balaban J connectivity index is 1.87. The van der Waals surface area contributed by atoms with Crippen LogP contribution in [-0.2, 0) is 4.79 Å². The molecule has 2 aromatic rings. The molecule has 23 heavy (non-hydrogen) atoms. The van der Waals surface area contributed by atoms with Gasteiger partial charge in [-0.1, -0.05) is 45.8 Å². The number of nitrogens with zero attached hydrogens (tertiary/aromatic N) is 1. The van der Waals surface area contributed by atoms with Gasteiger partial charge in [-0.3, -0.25) is 4.79 Å². The Hall–Kier alpha value is -1.66. The first-order chi connectivity index (χ1) is 11.0. The molecule has 1 N–H and O–H groups in total. The number of hydrazone groups is 1. The van der Waals surface area contributed by atoms with Crippen molar-refractivity contribution in [2.75, 3.05) is 6.61 Å². The highest BCUT2D eigenvalue weighted by molar-refractivity contribution is 9.11. The maximum absolute atomic E-state index is 11.8. The van der Waals surface area contributed by atoms with E-state index < -0.39 is 0 Å². The molecule has 0 aliphatic rings. The van der Waals surface area contributed by atoms with Crippen LogP contribution in [0, 0.1) is 13.8 Å². The van der Waals surface area contributed by atoms with Crippen LogP contribution in [-0.4, -0.2) is 18.7 Å². The molecule has 0 heterocycles. The van der Waals surface area contributed by atoms with Crippen molar-refractivity contribution in [3.05, 3.63) is 62.0 Å². The molecule has 0 fully saturated rings. The van der Waals surface area contributed by atoms with E-state index in [1.807, 2.05) is 50.2 Å². The van der Waals surface area contributed by atoms with Crippen LogP contribution in [0.5, 0.6) is 5.75 Å². The number of carbonyl (C=O) groups is 1. The number of hydrogen-bond acceptors (Lipinski definition) is 3. The van der Waals surface area contributed by atoms with Gasteiger partial charge in [0.2, 0.25) is 0 Å². The number of benzene rings is 2. The zero-order valence-electron chi connectivity index (χ0n) is 12.8. The van der Waals surface area contributed by atoms with Gasteiger partial charge in [0, 0.05) is 4.47 Å². The fraction of sp³-hybridized carbons (Fsp3) is 0.176. The number of nitrogens with one attached hydrogen (secondary N) is 1. The zero-order chi connectivity index (χ0) is 16.8. The smallest absolute Gasteiger partial charge is 0.277 e. The minimum atomic E-state index is -0.317. The minimum absolute atomic E-state index is 0.105. The van der Waals surface area contributed by atoms with Crippen LogP contribution in [0.25, 0.3) is 0 Å². The number of rotatable bonds is 5. The van der Waals surface area contributed by atoms with E-state index in [1.165, 1.54) is 5.56 Å². The molecule has 0 spiro atoms. The summed E-state index contributed by atoms with van der Waals surface area (Å²) in [5.41, 5.74) is 5.48. The van der Waals surface area contributed by atoms with E-state index in [-0.39, 0.29) is 12.5 Å². The molecule has 2 rings (SSSR count). The first-order valence-corrected chi connectivity index (χ1v) is 8.51. The normalized spacial score (nSPS) is 10.8. The van der Waals surface area contributed by atoms with Crippen molar-refractivity contribution in [3.8, 4) is 5.75 Å². The van der Waals surface area contributed by atoms with Gasteiger partial charge in [-0.15, -0.1) is 0 Å². The Morgan fingerprint density at radius 2 is 1.91 bits per heavy atom. The lowest BCUT2D eigenvalue weighted by atomic mass is 10.2. The highest BCUT2D eigenvalue weighted by atomic mass is 79.9. The molecule has 6 heteroatoms. The molecule has 0 saturated carbocycles. The summed E-state index contributed by atoms with van der Waals surface area (Å²) in [6.45, 7) is 3.83. The lowest BCUT2D eigenvalue weighted by Gasteiger charge is -2.10. The van der Waals surface area contributed by atoms with Gasteiger partial charge in [0.25, 0.3) is 5.91 Å². The second-order valence-electron chi connectivity index (χ2n) is 5.03. The summed E-state index contributed by atoms with van der Waals surface area (Å²) >= 11 is 6.82. The molecule has 0 atom stereocenters. The number of aryl methyl sites for hydroxylation is 2. The van der Waals surface area contributed by atoms with E-state index in [0.29, 0.717) is 5.75 Å². The fourth-order valence-corrected chi connectivity index (χ4v) is 3.43. The Bertz CT molecular complexity index is 705. The van der Waals surface area contributed by atoms with Crippen molar-refractivity contribution < 1.29 is 9.53 Å². The summed E-state index contributed by atoms with van der Waals surface area (Å²) in [5.74, 6) is 0.327. The highest BCUT2D eigenvalue weighted by Gasteiger charge is 2.09. The number of amides is 1. The third kappa shape index (κ3) is 5.48. The fourth-order valence-electron chi connectivity index (χ4n) is 1.87. The third-order valence-corrected chi connectivity index (χ3v) is 4.07. The number of halogens is 2. The molecule has 2 aromatic carbocycles. The predicted molar refractivity (Wildman–Crippen MR) is 99.0 cm³/mol. The average molecular weight is 440 g/mol. The molecular formula is C17H16Br2N2O2. The second-order valence-corrected chi connectivity index (χ2v) is 6.80. The van der Waals surface area contributed by atoms with Crippen LogP contribution in [0.4, 0.5) is 0 Å².